The van der Waals surface area contributed by atoms with Crippen molar-refractivity contribution >= 4 is 11.8 Å². The summed E-state index contributed by atoms with van der Waals surface area (Å²) >= 11 is 0. The Balaban J connectivity index is 1.67. The maximum absolute atomic E-state index is 12.8. The number of hydrogen-bond donors (Lipinski definition) is 0. The first-order valence-corrected chi connectivity index (χ1v) is 8.30. The number of carbonyl (C=O) groups is 2. The molecule has 0 aromatic rings. The highest BCUT2D eigenvalue weighted by Crippen LogP contribution is 2.35. The van der Waals surface area contributed by atoms with Gasteiger partial charge in [0.05, 0.1) is 13.2 Å². The molecule has 0 bridgehead atoms. The third-order valence-corrected chi connectivity index (χ3v) is 5.15. The van der Waals surface area contributed by atoms with E-state index in [0.717, 1.165) is 19.3 Å². The highest BCUT2D eigenvalue weighted by atomic mass is 16.5. The molecule has 1 atom stereocenters. The van der Waals surface area contributed by atoms with Crippen LogP contribution in [0.2, 0.25) is 0 Å². The van der Waals surface area contributed by atoms with Gasteiger partial charge < -0.3 is 14.5 Å². The van der Waals surface area contributed by atoms with E-state index in [4.69, 9.17) is 4.74 Å². The number of nitrogens with zero attached hydrogens (tertiary/aromatic N) is 2. The number of amides is 2. The van der Waals surface area contributed by atoms with Gasteiger partial charge in [0.1, 0.15) is 5.92 Å². The normalized spacial score (nSPS) is 24.3. The smallest absolute Gasteiger partial charge is 0.235 e. The molecule has 2 amide bonds. The predicted octanol–water partition coefficient (Wildman–Crippen LogP) is 1.27. The summed E-state index contributed by atoms with van der Waals surface area (Å²) in [4.78, 5) is 29.2. The average molecular weight is 294 g/mol. The Morgan fingerprint density at radius 3 is 2.38 bits per heavy atom. The Labute approximate surface area is 126 Å². The zero-order valence-corrected chi connectivity index (χ0v) is 12.9. The van der Waals surface area contributed by atoms with Crippen LogP contribution in [0.15, 0.2) is 0 Å². The third-order valence-electron chi connectivity index (χ3n) is 5.15. The van der Waals surface area contributed by atoms with Crippen molar-refractivity contribution in [3.63, 3.8) is 0 Å². The van der Waals surface area contributed by atoms with E-state index in [1.807, 2.05) is 16.8 Å². The fourth-order valence-corrected chi connectivity index (χ4v) is 3.26. The molecule has 3 aliphatic rings. The van der Waals surface area contributed by atoms with Crippen molar-refractivity contribution in [1.29, 1.82) is 0 Å². The van der Waals surface area contributed by atoms with E-state index in [0.29, 0.717) is 38.3 Å². The van der Waals surface area contributed by atoms with Gasteiger partial charge >= 0.3 is 0 Å². The number of ether oxygens (including phenoxy) is 1. The zero-order chi connectivity index (χ0) is 14.8. The first-order chi connectivity index (χ1) is 10.2. The monoisotopic (exact) mass is 294 g/mol. The van der Waals surface area contributed by atoms with Gasteiger partial charge in [0, 0.05) is 26.2 Å². The topological polar surface area (TPSA) is 49.9 Å². The lowest BCUT2D eigenvalue weighted by atomic mass is 9.78. The van der Waals surface area contributed by atoms with E-state index in [9.17, 15) is 9.59 Å². The maximum atomic E-state index is 12.8. The predicted molar refractivity (Wildman–Crippen MR) is 78.6 cm³/mol. The first-order valence-electron chi connectivity index (χ1n) is 8.30. The molecular formula is C16H26N2O3. The molecule has 2 saturated carbocycles. The maximum Gasteiger partial charge on any atom is 0.235 e. The van der Waals surface area contributed by atoms with Crippen LogP contribution in [-0.2, 0) is 14.3 Å². The summed E-state index contributed by atoms with van der Waals surface area (Å²) in [6.07, 6.45) is 6.51. The van der Waals surface area contributed by atoms with Crippen LogP contribution in [0, 0.1) is 11.8 Å². The molecule has 1 aliphatic heterocycles. The van der Waals surface area contributed by atoms with Gasteiger partial charge in [-0.25, -0.2) is 0 Å². The van der Waals surface area contributed by atoms with Crippen LogP contribution >= 0.6 is 0 Å². The van der Waals surface area contributed by atoms with Crippen molar-refractivity contribution in [3.8, 4) is 0 Å². The lowest BCUT2D eigenvalue weighted by Crippen LogP contribution is -2.49. The van der Waals surface area contributed by atoms with E-state index in [-0.39, 0.29) is 11.8 Å². The van der Waals surface area contributed by atoms with Crippen LogP contribution in [0.1, 0.15) is 38.5 Å². The van der Waals surface area contributed by atoms with Crippen molar-refractivity contribution in [3.05, 3.63) is 0 Å². The third kappa shape index (κ3) is 3.39. The van der Waals surface area contributed by atoms with E-state index >= 15 is 0 Å². The molecule has 3 fully saturated rings. The molecule has 0 spiro atoms. The minimum atomic E-state index is -0.459. The van der Waals surface area contributed by atoms with Crippen molar-refractivity contribution in [1.82, 2.24) is 9.80 Å². The van der Waals surface area contributed by atoms with Gasteiger partial charge in [0.2, 0.25) is 11.8 Å². The van der Waals surface area contributed by atoms with Crippen molar-refractivity contribution < 1.29 is 14.3 Å². The molecule has 1 heterocycles. The number of rotatable bonds is 5. The van der Waals surface area contributed by atoms with Crippen LogP contribution in [0.5, 0.6) is 0 Å². The van der Waals surface area contributed by atoms with Crippen LogP contribution in [0.25, 0.3) is 0 Å². The molecule has 0 aromatic carbocycles. The van der Waals surface area contributed by atoms with Gasteiger partial charge in [-0.15, -0.1) is 0 Å². The second kappa shape index (κ2) is 6.34. The fraction of sp³-hybridized carbons (Fsp3) is 0.875. The molecule has 1 unspecified atom stereocenters. The summed E-state index contributed by atoms with van der Waals surface area (Å²) in [6.45, 7) is 2.43. The summed E-state index contributed by atoms with van der Waals surface area (Å²) < 4.78 is 5.31. The van der Waals surface area contributed by atoms with Crippen molar-refractivity contribution in [2.24, 2.45) is 11.8 Å². The minimum Gasteiger partial charge on any atom is -0.378 e. The molecule has 0 N–H and O–H groups in total. The highest BCUT2D eigenvalue weighted by Gasteiger charge is 2.40. The van der Waals surface area contributed by atoms with Crippen molar-refractivity contribution in [2.45, 2.75) is 44.6 Å². The van der Waals surface area contributed by atoms with Gasteiger partial charge in [0.15, 0.2) is 0 Å². The standard InChI is InChI=1S/C16H26N2O3/c1-17(13-5-6-13)15(19)14(11-12-3-2-4-12)16(20)18-7-9-21-10-8-18/h12-14H,2-11H2,1H3. The number of morpholine rings is 1. The van der Waals surface area contributed by atoms with E-state index < -0.39 is 5.92 Å². The molecule has 5 nitrogen and oxygen atoms in total. The van der Waals surface area contributed by atoms with E-state index in [1.54, 1.807) is 0 Å². The molecule has 0 aromatic heterocycles. The lowest BCUT2D eigenvalue weighted by Gasteiger charge is -2.35. The Kier molecular flexibility index (Phi) is 4.48. The SMILES string of the molecule is CN(C(=O)C(CC1CCC1)C(=O)N1CCOCC1)C1CC1. The van der Waals surface area contributed by atoms with Crippen LogP contribution < -0.4 is 0 Å². The highest BCUT2D eigenvalue weighted by molar-refractivity contribution is 6.00. The second-order valence-electron chi connectivity index (χ2n) is 6.70. The van der Waals surface area contributed by atoms with Gasteiger partial charge in [0.25, 0.3) is 0 Å². The summed E-state index contributed by atoms with van der Waals surface area (Å²) in [5.41, 5.74) is 0. The Morgan fingerprint density at radius 1 is 1.19 bits per heavy atom. The van der Waals surface area contributed by atoms with Gasteiger partial charge in [-0.2, -0.15) is 0 Å². The number of carbonyl (C=O) groups excluding carboxylic acids is 2. The number of hydrogen-bond acceptors (Lipinski definition) is 3. The molecule has 118 valence electrons. The Morgan fingerprint density at radius 2 is 1.86 bits per heavy atom. The summed E-state index contributed by atoms with van der Waals surface area (Å²) in [7, 11) is 1.86. The average Bonchev–Trinajstić information content (AvgIpc) is 3.30. The van der Waals surface area contributed by atoms with Crippen molar-refractivity contribution in [2.75, 3.05) is 33.4 Å². The summed E-state index contributed by atoms with van der Waals surface area (Å²) in [5, 5.41) is 0. The molecule has 21 heavy (non-hydrogen) atoms. The van der Waals surface area contributed by atoms with E-state index in [1.165, 1.54) is 19.3 Å². The molecule has 0 radical (unpaired) electrons. The quantitative estimate of drug-likeness (QED) is 0.718. The lowest BCUT2D eigenvalue weighted by molar-refractivity contribution is -0.150. The second-order valence-corrected chi connectivity index (χ2v) is 6.70. The summed E-state index contributed by atoms with van der Waals surface area (Å²) in [6, 6.07) is 0.374. The van der Waals surface area contributed by atoms with Crippen LogP contribution in [0.4, 0.5) is 0 Å². The summed E-state index contributed by atoms with van der Waals surface area (Å²) in [5.74, 6) is 0.180. The molecular weight excluding hydrogens is 268 g/mol. The van der Waals surface area contributed by atoms with E-state index in [2.05, 4.69) is 0 Å². The minimum absolute atomic E-state index is 0.0303. The van der Waals surface area contributed by atoms with Crippen LogP contribution in [0.3, 0.4) is 0 Å². The Hall–Kier alpha value is -1.10. The largest absolute Gasteiger partial charge is 0.378 e. The molecule has 1 saturated heterocycles. The van der Waals surface area contributed by atoms with Crippen LogP contribution in [-0.4, -0.2) is 61.0 Å². The molecule has 2 aliphatic carbocycles. The molecule has 5 heteroatoms. The van der Waals surface area contributed by atoms with Gasteiger partial charge in [-0.3, -0.25) is 9.59 Å². The van der Waals surface area contributed by atoms with Gasteiger partial charge in [-0.05, 0) is 25.2 Å². The van der Waals surface area contributed by atoms with Gasteiger partial charge in [-0.1, -0.05) is 19.3 Å². The zero-order valence-electron chi connectivity index (χ0n) is 12.9. The molecule has 3 rings (SSSR count). The Bertz CT molecular complexity index is 398. The fourth-order valence-electron chi connectivity index (χ4n) is 3.26. The first kappa shape index (κ1) is 14.8.